The Labute approximate surface area is 128 Å². The number of hydrazine groups is 1. The second-order valence-electron chi connectivity index (χ2n) is 4.73. The van der Waals surface area contributed by atoms with Crippen molar-refractivity contribution >= 4 is 17.3 Å². The quantitative estimate of drug-likeness (QED) is 0.815. The molecule has 0 unspecified atom stereocenters. The van der Waals surface area contributed by atoms with Gasteiger partial charge in [-0.1, -0.05) is 35.9 Å². The molecule has 0 fully saturated rings. The molecule has 0 saturated carbocycles. The maximum atomic E-state index is 10.2. The summed E-state index contributed by atoms with van der Waals surface area (Å²) in [6.07, 6.45) is 2.01. The second kappa shape index (κ2) is 5.68. The highest BCUT2D eigenvalue weighted by Crippen LogP contribution is 2.36. The minimum absolute atomic E-state index is 0.134. The third-order valence-corrected chi connectivity index (χ3v) is 3.69. The lowest BCUT2D eigenvalue weighted by Crippen LogP contribution is -2.26. The van der Waals surface area contributed by atoms with Crippen molar-refractivity contribution in [3.8, 4) is 11.5 Å². The molecule has 0 radical (unpaired) electrons. The Morgan fingerprint density at radius 2 is 1.90 bits per heavy atom. The van der Waals surface area contributed by atoms with Gasteiger partial charge >= 0.3 is 0 Å². The number of phenols is 1. The molecule has 2 aromatic rings. The Kier molecular flexibility index (Phi) is 3.73. The molecule has 1 aliphatic heterocycles. The molecule has 3 rings (SSSR count). The van der Waals surface area contributed by atoms with Gasteiger partial charge in [0, 0.05) is 10.6 Å². The zero-order valence-corrected chi connectivity index (χ0v) is 12.2. The van der Waals surface area contributed by atoms with Crippen LogP contribution >= 0.6 is 11.6 Å². The monoisotopic (exact) mass is 302 g/mol. The van der Waals surface area contributed by atoms with Gasteiger partial charge in [0.25, 0.3) is 0 Å². The molecule has 1 heterocycles. The van der Waals surface area contributed by atoms with E-state index in [1.165, 1.54) is 7.11 Å². The van der Waals surface area contributed by atoms with Crippen molar-refractivity contribution in [1.29, 1.82) is 0 Å². The number of benzene rings is 2. The van der Waals surface area contributed by atoms with E-state index < -0.39 is 0 Å². The first-order valence-corrected chi connectivity index (χ1v) is 6.92. The van der Waals surface area contributed by atoms with Crippen LogP contribution in [0.1, 0.15) is 17.2 Å². The zero-order chi connectivity index (χ0) is 14.8. The average Bonchev–Trinajstić information content (AvgIpc) is 2.98. The molecule has 0 spiro atoms. The normalized spacial score (nSPS) is 17.2. The molecule has 5 heteroatoms. The number of para-hydroxylation sites is 1. The number of aromatic hydroxyl groups is 1. The minimum Gasteiger partial charge on any atom is -0.504 e. The van der Waals surface area contributed by atoms with Crippen molar-refractivity contribution in [2.24, 2.45) is 0 Å². The maximum absolute atomic E-state index is 10.2. The summed E-state index contributed by atoms with van der Waals surface area (Å²) >= 11 is 5.89. The van der Waals surface area contributed by atoms with Gasteiger partial charge in [-0.3, -0.25) is 0 Å². The van der Waals surface area contributed by atoms with E-state index in [0.29, 0.717) is 10.8 Å². The average molecular weight is 303 g/mol. The van der Waals surface area contributed by atoms with E-state index in [9.17, 15) is 5.11 Å². The second-order valence-corrected chi connectivity index (χ2v) is 5.17. The van der Waals surface area contributed by atoms with Crippen molar-refractivity contribution in [3.63, 3.8) is 0 Å². The van der Waals surface area contributed by atoms with Crippen molar-refractivity contribution in [1.82, 2.24) is 10.9 Å². The molecule has 2 aromatic carbocycles. The van der Waals surface area contributed by atoms with Gasteiger partial charge in [0.2, 0.25) is 0 Å². The lowest BCUT2D eigenvalue weighted by Gasteiger charge is -2.13. The summed E-state index contributed by atoms with van der Waals surface area (Å²) in [4.78, 5) is 0. The van der Waals surface area contributed by atoms with E-state index >= 15 is 0 Å². The first kappa shape index (κ1) is 13.8. The number of ether oxygens (including phenoxy) is 1. The smallest absolute Gasteiger partial charge is 0.162 e. The first-order valence-electron chi connectivity index (χ1n) is 6.54. The fourth-order valence-corrected chi connectivity index (χ4v) is 2.45. The largest absolute Gasteiger partial charge is 0.504 e. The third-order valence-electron chi connectivity index (χ3n) is 3.44. The van der Waals surface area contributed by atoms with Gasteiger partial charge in [-0.25, -0.2) is 5.43 Å². The Hall–Kier alpha value is -2.17. The Morgan fingerprint density at radius 1 is 1.14 bits per heavy atom. The molecule has 0 aliphatic carbocycles. The maximum Gasteiger partial charge on any atom is 0.162 e. The number of hydrogen-bond acceptors (Lipinski definition) is 4. The van der Waals surface area contributed by atoms with Crippen LogP contribution in [0.15, 0.2) is 48.5 Å². The molecule has 108 valence electrons. The highest BCUT2D eigenvalue weighted by atomic mass is 35.5. The van der Waals surface area contributed by atoms with Crippen LogP contribution in [0, 0.1) is 0 Å². The Bertz CT molecular complexity index is 683. The van der Waals surface area contributed by atoms with Crippen molar-refractivity contribution in [3.05, 3.63) is 64.7 Å². The molecule has 3 N–H and O–H groups in total. The van der Waals surface area contributed by atoms with Gasteiger partial charge in [-0.15, -0.1) is 0 Å². The fraction of sp³-hybridized carbons (Fsp3) is 0.125. The van der Waals surface area contributed by atoms with E-state index in [1.807, 2.05) is 42.5 Å². The van der Waals surface area contributed by atoms with Gasteiger partial charge in [0.15, 0.2) is 11.5 Å². The highest BCUT2D eigenvalue weighted by molar-refractivity contribution is 6.30. The van der Waals surface area contributed by atoms with Crippen molar-refractivity contribution in [2.75, 3.05) is 7.11 Å². The van der Waals surface area contributed by atoms with Crippen LogP contribution < -0.4 is 15.6 Å². The van der Waals surface area contributed by atoms with Crippen molar-refractivity contribution in [2.45, 2.75) is 6.04 Å². The molecular formula is C16H15ClN2O2. The van der Waals surface area contributed by atoms with Gasteiger partial charge in [-0.2, -0.15) is 0 Å². The predicted octanol–water partition coefficient (Wildman–Crippen LogP) is 3.24. The van der Waals surface area contributed by atoms with Crippen LogP contribution in [0.25, 0.3) is 5.70 Å². The van der Waals surface area contributed by atoms with E-state index in [4.69, 9.17) is 16.3 Å². The summed E-state index contributed by atoms with van der Waals surface area (Å²) in [6, 6.07) is 12.9. The van der Waals surface area contributed by atoms with Crippen LogP contribution in [-0.4, -0.2) is 12.2 Å². The molecule has 0 amide bonds. The van der Waals surface area contributed by atoms with Crippen LogP contribution in [0.4, 0.5) is 0 Å². The van der Waals surface area contributed by atoms with Crippen LogP contribution in [0.5, 0.6) is 11.5 Å². The molecule has 1 atom stereocenters. The molecule has 1 aliphatic rings. The van der Waals surface area contributed by atoms with Crippen LogP contribution in [0.2, 0.25) is 5.02 Å². The SMILES string of the molecule is COc1cccc([C@@H]2C=C(c3ccc(Cl)cc3)NN2)c1O. The number of halogens is 1. The van der Waals surface area contributed by atoms with Gasteiger partial charge in [0.05, 0.1) is 18.8 Å². The van der Waals surface area contributed by atoms with E-state index in [1.54, 1.807) is 6.07 Å². The number of rotatable bonds is 3. The first-order chi connectivity index (χ1) is 10.2. The Balaban J connectivity index is 1.91. The number of phenolic OH excluding ortho intramolecular Hbond substituents is 1. The summed E-state index contributed by atoms with van der Waals surface area (Å²) in [5, 5.41) is 10.9. The van der Waals surface area contributed by atoms with Crippen LogP contribution in [-0.2, 0) is 0 Å². The molecule has 0 saturated heterocycles. The summed E-state index contributed by atoms with van der Waals surface area (Å²) in [5.74, 6) is 0.607. The predicted molar refractivity (Wildman–Crippen MR) is 83.1 cm³/mol. The van der Waals surface area contributed by atoms with E-state index in [-0.39, 0.29) is 11.8 Å². The van der Waals surface area contributed by atoms with Crippen molar-refractivity contribution < 1.29 is 9.84 Å². The standard InChI is InChI=1S/C16H15ClN2O2/c1-21-15-4-2-3-12(16(15)20)14-9-13(18-19-14)10-5-7-11(17)8-6-10/h2-9,14,18-20H,1H3/t14-/m0/s1. The lowest BCUT2D eigenvalue weighted by atomic mass is 10.0. The molecule has 21 heavy (non-hydrogen) atoms. The topological polar surface area (TPSA) is 53.5 Å². The van der Waals surface area contributed by atoms with Gasteiger partial charge in [-0.05, 0) is 29.8 Å². The zero-order valence-electron chi connectivity index (χ0n) is 11.4. The number of methoxy groups -OCH3 is 1. The third kappa shape index (κ3) is 2.68. The fourth-order valence-electron chi connectivity index (χ4n) is 2.33. The molecule has 0 bridgehead atoms. The summed E-state index contributed by atoms with van der Waals surface area (Å²) < 4.78 is 5.14. The van der Waals surface area contributed by atoms with E-state index in [0.717, 1.165) is 16.8 Å². The highest BCUT2D eigenvalue weighted by Gasteiger charge is 2.21. The van der Waals surface area contributed by atoms with E-state index in [2.05, 4.69) is 10.9 Å². The number of hydrogen-bond donors (Lipinski definition) is 3. The van der Waals surface area contributed by atoms with Crippen LogP contribution in [0.3, 0.4) is 0 Å². The minimum atomic E-state index is -0.134. The molecule has 4 nitrogen and oxygen atoms in total. The summed E-state index contributed by atoms with van der Waals surface area (Å²) in [7, 11) is 1.54. The number of nitrogens with one attached hydrogen (secondary N) is 2. The molecular weight excluding hydrogens is 288 g/mol. The lowest BCUT2D eigenvalue weighted by molar-refractivity contribution is 0.368. The Morgan fingerprint density at radius 3 is 2.62 bits per heavy atom. The summed E-state index contributed by atoms with van der Waals surface area (Å²) in [6.45, 7) is 0. The molecule has 0 aromatic heterocycles. The van der Waals surface area contributed by atoms with Gasteiger partial charge < -0.3 is 15.3 Å². The van der Waals surface area contributed by atoms with Gasteiger partial charge in [0.1, 0.15) is 0 Å². The summed E-state index contributed by atoms with van der Waals surface area (Å²) in [5.41, 5.74) is 8.98.